The van der Waals surface area contributed by atoms with Crippen molar-refractivity contribution in [2.45, 2.75) is 19.0 Å². The predicted molar refractivity (Wildman–Crippen MR) is 75.9 cm³/mol. The van der Waals surface area contributed by atoms with Crippen LogP contribution in [0.15, 0.2) is 36.7 Å². The lowest BCUT2D eigenvalue weighted by molar-refractivity contribution is -0.117. The zero-order chi connectivity index (χ0) is 14.7. The Morgan fingerprint density at radius 2 is 2.24 bits per heavy atom. The fourth-order valence-electron chi connectivity index (χ4n) is 2.20. The van der Waals surface area contributed by atoms with Gasteiger partial charge in [0.1, 0.15) is 11.9 Å². The lowest BCUT2D eigenvalue weighted by atomic mass is 10.2. The lowest BCUT2D eigenvalue weighted by Crippen LogP contribution is -2.39. The molecule has 1 atom stereocenters. The third kappa shape index (κ3) is 3.45. The molecule has 1 aromatic heterocycles. The van der Waals surface area contributed by atoms with Crippen LogP contribution >= 0.6 is 0 Å². The highest BCUT2D eigenvalue weighted by Gasteiger charge is 2.22. The number of hydrazine groups is 1. The van der Waals surface area contributed by atoms with Crippen molar-refractivity contribution >= 4 is 11.6 Å². The minimum absolute atomic E-state index is 0.0821. The van der Waals surface area contributed by atoms with Gasteiger partial charge in [-0.15, -0.1) is 0 Å². The second kappa shape index (κ2) is 6.02. The topological polar surface area (TPSA) is 71.0 Å². The predicted octanol–water partition coefficient (Wildman–Crippen LogP) is 0.875. The van der Waals surface area contributed by atoms with Crippen LogP contribution in [0.5, 0.6) is 0 Å². The number of carbonyl (C=O) groups is 1. The molecule has 7 heteroatoms. The maximum atomic E-state index is 12.8. The molecular weight excluding hydrogens is 273 g/mol. The first-order valence-electron chi connectivity index (χ1n) is 6.77. The van der Waals surface area contributed by atoms with Gasteiger partial charge in [0.25, 0.3) is 0 Å². The quantitative estimate of drug-likeness (QED) is 0.781. The number of nitrogens with zero attached hydrogens (tertiary/aromatic N) is 2. The van der Waals surface area contributed by atoms with Crippen LogP contribution in [-0.2, 0) is 11.3 Å². The van der Waals surface area contributed by atoms with Crippen LogP contribution in [0.2, 0.25) is 0 Å². The third-order valence-corrected chi connectivity index (χ3v) is 3.31. The third-order valence-electron chi connectivity index (χ3n) is 3.31. The van der Waals surface area contributed by atoms with Gasteiger partial charge in [0.05, 0.1) is 18.4 Å². The van der Waals surface area contributed by atoms with E-state index in [9.17, 15) is 9.18 Å². The summed E-state index contributed by atoms with van der Waals surface area (Å²) in [5.41, 5.74) is 7.42. The highest BCUT2D eigenvalue weighted by molar-refractivity contribution is 5.94. The number of hydrogen-bond donors (Lipinski definition) is 3. The molecule has 1 fully saturated rings. The Labute approximate surface area is 121 Å². The van der Waals surface area contributed by atoms with Gasteiger partial charge in [-0.05, 0) is 24.1 Å². The van der Waals surface area contributed by atoms with Gasteiger partial charge in [0.15, 0.2) is 0 Å². The molecule has 6 nitrogen and oxygen atoms in total. The van der Waals surface area contributed by atoms with Crippen molar-refractivity contribution in [3.63, 3.8) is 0 Å². The smallest absolute Gasteiger partial charge is 0.242 e. The van der Waals surface area contributed by atoms with Crippen molar-refractivity contribution in [1.82, 2.24) is 20.6 Å². The van der Waals surface area contributed by atoms with E-state index in [1.165, 1.54) is 12.1 Å². The number of carbonyl (C=O) groups excluding carboxylic acids is 1. The summed E-state index contributed by atoms with van der Waals surface area (Å²) in [6.45, 7) is 1.31. The Morgan fingerprint density at radius 3 is 2.95 bits per heavy atom. The number of rotatable bonds is 4. The minimum Gasteiger partial charge on any atom is -0.322 e. The van der Waals surface area contributed by atoms with Crippen molar-refractivity contribution in [2.24, 2.45) is 0 Å². The van der Waals surface area contributed by atoms with E-state index in [-0.39, 0.29) is 17.8 Å². The van der Waals surface area contributed by atoms with E-state index in [1.54, 1.807) is 29.2 Å². The number of aromatic nitrogens is 2. The molecule has 0 saturated carbocycles. The molecule has 1 saturated heterocycles. The maximum absolute atomic E-state index is 12.8. The molecule has 1 aliphatic heterocycles. The van der Waals surface area contributed by atoms with E-state index < -0.39 is 0 Å². The van der Waals surface area contributed by atoms with E-state index >= 15 is 0 Å². The van der Waals surface area contributed by atoms with Crippen molar-refractivity contribution in [3.05, 3.63) is 48.0 Å². The largest absolute Gasteiger partial charge is 0.322 e. The summed E-state index contributed by atoms with van der Waals surface area (Å²) in [6, 6.07) is 6.04. The Balaban J connectivity index is 1.60. The second-order valence-electron chi connectivity index (χ2n) is 4.95. The van der Waals surface area contributed by atoms with Crippen molar-refractivity contribution in [2.75, 3.05) is 11.9 Å². The van der Waals surface area contributed by atoms with Gasteiger partial charge in [0.2, 0.25) is 5.91 Å². The number of nitrogens with one attached hydrogen (secondary N) is 3. The SMILES string of the molecule is O=C(Nc1cnn(Cc2ccc(F)cc2)c1)C1CCNN1. The fourth-order valence-corrected chi connectivity index (χ4v) is 2.20. The summed E-state index contributed by atoms with van der Waals surface area (Å²) in [4.78, 5) is 11.9. The molecule has 0 spiro atoms. The number of anilines is 1. The first-order valence-corrected chi connectivity index (χ1v) is 6.77. The fraction of sp³-hybridized carbons (Fsp3) is 0.286. The summed E-state index contributed by atoms with van der Waals surface area (Å²) in [7, 11) is 0. The first-order chi connectivity index (χ1) is 10.2. The lowest BCUT2D eigenvalue weighted by Gasteiger charge is -2.08. The standard InChI is InChI=1S/C14H16FN5O/c15-11-3-1-10(2-4-11)8-20-9-12(7-17-20)18-14(21)13-5-6-16-19-13/h1-4,7,9,13,16,19H,5-6,8H2,(H,18,21). The Kier molecular flexibility index (Phi) is 3.94. The van der Waals surface area contributed by atoms with Crippen molar-refractivity contribution in [3.8, 4) is 0 Å². The summed E-state index contributed by atoms with van der Waals surface area (Å²) in [5.74, 6) is -0.342. The number of benzene rings is 1. The Hall–Kier alpha value is -2.25. The molecule has 2 aromatic rings. The summed E-state index contributed by atoms with van der Waals surface area (Å²) in [5, 5.41) is 7.00. The van der Waals surface area contributed by atoms with Gasteiger partial charge in [-0.3, -0.25) is 14.9 Å². The van der Waals surface area contributed by atoms with E-state index in [1.807, 2.05) is 0 Å². The zero-order valence-corrected chi connectivity index (χ0v) is 11.3. The molecule has 0 radical (unpaired) electrons. The summed E-state index contributed by atoms with van der Waals surface area (Å²) >= 11 is 0. The van der Waals surface area contributed by atoms with Gasteiger partial charge in [0, 0.05) is 12.7 Å². The van der Waals surface area contributed by atoms with Crippen LogP contribution in [0.3, 0.4) is 0 Å². The van der Waals surface area contributed by atoms with Crippen LogP contribution < -0.4 is 16.2 Å². The van der Waals surface area contributed by atoms with Crippen LogP contribution in [0.1, 0.15) is 12.0 Å². The van der Waals surface area contributed by atoms with E-state index in [4.69, 9.17) is 0 Å². The van der Waals surface area contributed by atoms with Crippen LogP contribution in [0, 0.1) is 5.82 Å². The van der Waals surface area contributed by atoms with Gasteiger partial charge in [-0.1, -0.05) is 12.1 Å². The van der Waals surface area contributed by atoms with Gasteiger partial charge >= 0.3 is 0 Å². The van der Waals surface area contributed by atoms with Crippen LogP contribution in [0.25, 0.3) is 0 Å². The highest BCUT2D eigenvalue weighted by Crippen LogP contribution is 2.10. The van der Waals surface area contributed by atoms with E-state index in [0.717, 1.165) is 18.5 Å². The average molecular weight is 289 g/mol. The molecule has 1 aliphatic rings. The van der Waals surface area contributed by atoms with Crippen LogP contribution in [-0.4, -0.2) is 28.3 Å². The number of hydrogen-bond acceptors (Lipinski definition) is 4. The zero-order valence-electron chi connectivity index (χ0n) is 11.3. The molecule has 110 valence electrons. The average Bonchev–Trinajstić information content (AvgIpc) is 3.13. The normalized spacial score (nSPS) is 17.9. The maximum Gasteiger partial charge on any atom is 0.242 e. The molecule has 0 bridgehead atoms. The molecule has 3 rings (SSSR count). The highest BCUT2D eigenvalue weighted by atomic mass is 19.1. The van der Waals surface area contributed by atoms with Gasteiger partial charge in [-0.25, -0.2) is 9.82 Å². The second-order valence-corrected chi connectivity index (χ2v) is 4.95. The number of halogens is 1. The van der Waals surface area contributed by atoms with Gasteiger partial charge in [-0.2, -0.15) is 5.10 Å². The van der Waals surface area contributed by atoms with Crippen LogP contribution in [0.4, 0.5) is 10.1 Å². The van der Waals surface area contributed by atoms with Gasteiger partial charge < -0.3 is 5.32 Å². The van der Waals surface area contributed by atoms with E-state index in [0.29, 0.717) is 12.2 Å². The minimum atomic E-state index is -0.259. The summed E-state index contributed by atoms with van der Waals surface area (Å²) < 4.78 is 14.5. The molecule has 21 heavy (non-hydrogen) atoms. The molecule has 1 unspecified atom stereocenters. The molecule has 1 amide bonds. The molecule has 0 aliphatic carbocycles. The van der Waals surface area contributed by atoms with Crippen molar-refractivity contribution < 1.29 is 9.18 Å². The summed E-state index contributed by atoms with van der Waals surface area (Å²) in [6.07, 6.45) is 4.11. The molecule has 2 heterocycles. The molecular formula is C14H16FN5O. The number of amides is 1. The Morgan fingerprint density at radius 1 is 1.43 bits per heavy atom. The molecule has 1 aromatic carbocycles. The Bertz CT molecular complexity index is 619. The van der Waals surface area contributed by atoms with E-state index in [2.05, 4.69) is 21.3 Å². The monoisotopic (exact) mass is 289 g/mol. The first kappa shape index (κ1) is 13.7. The van der Waals surface area contributed by atoms with Crippen molar-refractivity contribution in [1.29, 1.82) is 0 Å². The molecule has 3 N–H and O–H groups in total.